The number of benzene rings is 1. The summed E-state index contributed by atoms with van der Waals surface area (Å²) in [4.78, 5) is 23.8. The Morgan fingerprint density at radius 3 is 2.70 bits per heavy atom. The monoisotopic (exact) mass is 346 g/mol. The zero-order valence-corrected chi connectivity index (χ0v) is 13.7. The lowest BCUT2D eigenvalue weighted by molar-refractivity contribution is -0.122. The number of carbonyl (C=O) groups excluding carboxylic acids is 2. The third kappa shape index (κ3) is 5.55. The van der Waals surface area contributed by atoms with E-state index in [4.69, 9.17) is 0 Å². The molecule has 0 radical (unpaired) electrons. The number of halogens is 3. The van der Waals surface area contributed by atoms with Gasteiger partial charge in [-0.05, 0) is 37.6 Å². The van der Waals surface area contributed by atoms with Crippen molar-refractivity contribution < 1.29 is 18.4 Å². The first-order valence-electron chi connectivity index (χ1n) is 7.45. The molecule has 7 heteroatoms. The molecule has 4 nitrogen and oxygen atoms in total. The molecular weight excluding hydrogens is 326 g/mol. The zero-order valence-electron chi connectivity index (χ0n) is 12.9. The van der Waals surface area contributed by atoms with Gasteiger partial charge in [0.15, 0.2) is 5.78 Å². The molecule has 1 heterocycles. The van der Waals surface area contributed by atoms with Gasteiger partial charge < -0.3 is 10.6 Å². The second-order valence-corrected chi connectivity index (χ2v) is 5.69. The van der Waals surface area contributed by atoms with Crippen LogP contribution in [0, 0.1) is 17.6 Å². The molecule has 23 heavy (non-hydrogen) atoms. The van der Waals surface area contributed by atoms with Gasteiger partial charge in [-0.25, -0.2) is 8.78 Å². The van der Waals surface area contributed by atoms with E-state index < -0.39 is 17.4 Å². The van der Waals surface area contributed by atoms with E-state index in [9.17, 15) is 18.4 Å². The number of amides is 1. The third-order valence-corrected chi connectivity index (χ3v) is 3.94. The van der Waals surface area contributed by atoms with E-state index in [1.165, 1.54) is 0 Å². The smallest absolute Gasteiger partial charge is 0.220 e. The van der Waals surface area contributed by atoms with Crippen LogP contribution in [0.5, 0.6) is 0 Å². The summed E-state index contributed by atoms with van der Waals surface area (Å²) in [6.07, 6.45) is 0.771. The summed E-state index contributed by atoms with van der Waals surface area (Å²) in [6.45, 7) is 3.76. The fraction of sp³-hybridized carbons (Fsp3) is 0.500. The molecule has 1 aliphatic rings. The minimum Gasteiger partial charge on any atom is -0.353 e. The van der Waals surface area contributed by atoms with Crippen LogP contribution in [0.3, 0.4) is 0 Å². The number of hydrogen-bond donors (Lipinski definition) is 2. The van der Waals surface area contributed by atoms with Gasteiger partial charge in [-0.15, -0.1) is 12.4 Å². The van der Waals surface area contributed by atoms with Crippen molar-refractivity contribution >= 4 is 24.1 Å². The number of nitrogens with one attached hydrogen (secondary N) is 2. The van der Waals surface area contributed by atoms with Gasteiger partial charge >= 0.3 is 0 Å². The lowest BCUT2D eigenvalue weighted by Crippen LogP contribution is -2.48. The highest BCUT2D eigenvalue weighted by molar-refractivity contribution is 5.98. The van der Waals surface area contributed by atoms with Crippen molar-refractivity contribution in [3.63, 3.8) is 0 Å². The Kier molecular flexibility index (Phi) is 7.58. The normalized spacial score (nSPS) is 20.5. The van der Waals surface area contributed by atoms with Crippen LogP contribution in [0.1, 0.15) is 36.5 Å². The van der Waals surface area contributed by atoms with Gasteiger partial charge in [0.05, 0.1) is 5.56 Å². The van der Waals surface area contributed by atoms with Crippen molar-refractivity contribution in [1.29, 1.82) is 0 Å². The first-order chi connectivity index (χ1) is 10.5. The predicted molar refractivity (Wildman–Crippen MR) is 85.8 cm³/mol. The van der Waals surface area contributed by atoms with Crippen molar-refractivity contribution in [2.24, 2.45) is 5.92 Å². The van der Waals surface area contributed by atoms with Crippen LogP contribution < -0.4 is 10.6 Å². The Hall–Kier alpha value is -1.53. The highest BCUT2D eigenvalue weighted by atomic mass is 35.5. The van der Waals surface area contributed by atoms with Crippen LogP contribution in [-0.2, 0) is 4.79 Å². The van der Waals surface area contributed by atoms with Crippen molar-refractivity contribution in [2.75, 3.05) is 13.1 Å². The van der Waals surface area contributed by atoms with E-state index in [-0.39, 0.29) is 42.8 Å². The van der Waals surface area contributed by atoms with Crippen molar-refractivity contribution in [2.45, 2.75) is 32.2 Å². The van der Waals surface area contributed by atoms with Crippen molar-refractivity contribution in [3.8, 4) is 0 Å². The molecule has 1 amide bonds. The molecule has 128 valence electrons. The van der Waals surface area contributed by atoms with Crippen LogP contribution in [0.25, 0.3) is 0 Å². The van der Waals surface area contributed by atoms with Gasteiger partial charge in [-0.2, -0.15) is 0 Å². The number of rotatable bonds is 5. The SMILES string of the molecule is CC1CNCCC1NC(=O)CCC(=O)c1ccc(F)cc1F.Cl. The molecule has 2 unspecified atom stereocenters. The minimum atomic E-state index is -0.891. The van der Waals surface area contributed by atoms with E-state index in [2.05, 4.69) is 17.6 Å². The van der Waals surface area contributed by atoms with Crippen molar-refractivity contribution in [3.05, 3.63) is 35.4 Å². The van der Waals surface area contributed by atoms with Crippen LogP contribution >= 0.6 is 12.4 Å². The second-order valence-electron chi connectivity index (χ2n) is 5.69. The molecule has 0 aliphatic carbocycles. The first-order valence-corrected chi connectivity index (χ1v) is 7.45. The number of carbonyl (C=O) groups is 2. The highest BCUT2D eigenvalue weighted by Crippen LogP contribution is 2.14. The Morgan fingerprint density at radius 1 is 1.30 bits per heavy atom. The number of Topliss-reactive ketones (excluding diaryl/α,β-unsaturated/α-hetero) is 1. The van der Waals surface area contributed by atoms with Gasteiger partial charge in [-0.1, -0.05) is 6.92 Å². The Morgan fingerprint density at radius 2 is 2.04 bits per heavy atom. The molecule has 0 saturated carbocycles. The first kappa shape index (κ1) is 19.5. The maximum Gasteiger partial charge on any atom is 0.220 e. The average Bonchev–Trinajstić information content (AvgIpc) is 2.47. The molecule has 1 fully saturated rings. The molecule has 0 aromatic heterocycles. The van der Waals surface area contributed by atoms with Crippen LogP contribution in [0.15, 0.2) is 18.2 Å². The van der Waals surface area contributed by atoms with Crippen molar-refractivity contribution in [1.82, 2.24) is 10.6 Å². The topological polar surface area (TPSA) is 58.2 Å². The van der Waals surface area contributed by atoms with E-state index in [1.807, 2.05) is 0 Å². The van der Waals surface area contributed by atoms with Crippen LogP contribution in [0.2, 0.25) is 0 Å². The van der Waals surface area contributed by atoms with Gasteiger partial charge in [0, 0.05) is 24.9 Å². The molecule has 2 N–H and O–H groups in total. The summed E-state index contributed by atoms with van der Waals surface area (Å²) < 4.78 is 26.3. The largest absolute Gasteiger partial charge is 0.353 e. The number of ketones is 1. The lowest BCUT2D eigenvalue weighted by atomic mass is 9.95. The van der Waals surface area contributed by atoms with Crippen LogP contribution in [0.4, 0.5) is 8.78 Å². The maximum absolute atomic E-state index is 13.5. The number of hydrogen-bond acceptors (Lipinski definition) is 3. The van der Waals surface area contributed by atoms with Gasteiger partial charge in [-0.3, -0.25) is 9.59 Å². The molecule has 0 bridgehead atoms. The molecule has 2 rings (SSSR count). The summed E-state index contributed by atoms with van der Waals surface area (Å²) in [6, 6.07) is 2.92. The van der Waals surface area contributed by atoms with E-state index >= 15 is 0 Å². The highest BCUT2D eigenvalue weighted by Gasteiger charge is 2.23. The second kappa shape index (κ2) is 8.93. The molecule has 0 spiro atoms. The fourth-order valence-electron chi connectivity index (χ4n) is 2.58. The molecular formula is C16H21ClF2N2O2. The molecule has 1 aromatic carbocycles. The van der Waals surface area contributed by atoms with Gasteiger partial charge in [0.25, 0.3) is 0 Å². The Balaban J connectivity index is 0.00000264. The maximum atomic E-state index is 13.5. The molecule has 2 atom stereocenters. The molecule has 1 aromatic rings. The Labute approximate surface area is 140 Å². The standard InChI is InChI=1S/C16H20F2N2O2.ClH/c1-10-9-19-7-6-14(10)20-16(22)5-4-15(21)12-3-2-11(17)8-13(12)18;/h2-3,8,10,14,19H,4-7,9H2,1H3,(H,20,22);1H. The summed E-state index contributed by atoms with van der Waals surface area (Å²) in [5, 5.41) is 6.16. The summed E-state index contributed by atoms with van der Waals surface area (Å²) in [5.74, 6) is -1.99. The Bertz CT molecular complexity index is 569. The summed E-state index contributed by atoms with van der Waals surface area (Å²) in [5.41, 5.74) is -0.176. The van der Waals surface area contributed by atoms with Gasteiger partial charge in [0.1, 0.15) is 11.6 Å². The zero-order chi connectivity index (χ0) is 16.1. The number of piperidine rings is 1. The molecule has 1 saturated heterocycles. The average molecular weight is 347 g/mol. The molecule has 1 aliphatic heterocycles. The quantitative estimate of drug-likeness (QED) is 0.805. The third-order valence-electron chi connectivity index (χ3n) is 3.94. The summed E-state index contributed by atoms with van der Waals surface area (Å²) >= 11 is 0. The minimum absolute atomic E-state index is 0. The van der Waals surface area contributed by atoms with Crippen LogP contribution in [-0.4, -0.2) is 30.8 Å². The lowest BCUT2D eigenvalue weighted by Gasteiger charge is -2.30. The van der Waals surface area contributed by atoms with E-state index in [0.717, 1.165) is 31.6 Å². The fourth-order valence-corrected chi connectivity index (χ4v) is 2.58. The van der Waals surface area contributed by atoms with E-state index in [1.54, 1.807) is 0 Å². The summed E-state index contributed by atoms with van der Waals surface area (Å²) in [7, 11) is 0. The van der Waals surface area contributed by atoms with E-state index in [0.29, 0.717) is 12.0 Å². The predicted octanol–water partition coefficient (Wildman–Crippen LogP) is 2.46. The van der Waals surface area contributed by atoms with Gasteiger partial charge in [0.2, 0.25) is 5.91 Å².